The molecule has 4 rings (SSSR count). The van der Waals surface area contributed by atoms with E-state index in [4.69, 9.17) is 9.97 Å². The standard InChI is InChI=1S/C32H42N4S2/c1-7-9-21-35-27(23(3)4)31(33-29(35)25-17-13-11-14-18-25)37-38-32-28(24(5)6)36(22-10-8-2)30(34-32)26-19-15-12-16-20-26/h11-20,23-24H,7-10,21-22H2,1-6H3. The lowest BCUT2D eigenvalue weighted by atomic mass is 10.1. The predicted molar refractivity (Wildman–Crippen MR) is 165 cm³/mol. The molecule has 0 fully saturated rings. The third kappa shape index (κ3) is 6.40. The first-order chi connectivity index (χ1) is 18.5. The molecule has 0 amide bonds. The van der Waals surface area contributed by atoms with Crippen molar-refractivity contribution in [3.63, 3.8) is 0 Å². The molecule has 2 aromatic carbocycles. The van der Waals surface area contributed by atoms with Crippen LogP contribution in [0, 0.1) is 0 Å². The van der Waals surface area contributed by atoms with Crippen LogP contribution < -0.4 is 0 Å². The van der Waals surface area contributed by atoms with E-state index in [1.165, 1.54) is 22.5 Å². The topological polar surface area (TPSA) is 35.6 Å². The van der Waals surface area contributed by atoms with Crippen LogP contribution in [-0.2, 0) is 13.1 Å². The van der Waals surface area contributed by atoms with Gasteiger partial charge in [0.25, 0.3) is 0 Å². The lowest BCUT2D eigenvalue weighted by molar-refractivity contribution is 0.591. The van der Waals surface area contributed by atoms with Gasteiger partial charge < -0.3 is 9.13 Å². The van der Waals surface area contributed by atoms with Crippen LogP contribution in [0.15, 0.2) is 70.7 Å². The van der Waals surface area contributed by atoms with E-state index in [1.807, 2.05) is 0 Å². The van der Waals surface area contributed by atoms with E-state index in [-0.39, 0.29) is 0 Å². The van der Waals surface area contributed by atoms with Gasteiger partial charge in [0, 0.05) is 24.2 Å². The van der Waals surface area contributed by atoms with Crippen molar-refractivity contribution in [2.24, 2.45) is 0 Å². The maximum absolute atomic E-state index is 5.25. The van der Waals surface area contributed by atoms with Gasteiger partial charge in [-0.25, -0.2) is 9.97 Å². The minimum atomic E-state index is 0.381. The van der Waals surface area contributed by atoms with E-state index in [1.54, 1.807) is 21.6 Å². The largest absolute Gasteiger partial charge is 0.327 e. The predicted octanol–water partition coefficient (Wildman–Crippen LogP) is 10.1. The fourth-order valence-electron chi connectivity index (χ4n) is 4.91. The number of unbranched alkanes of at least 4 members (excludes halogenated alkanes) is 2. The Morgan fingerprint density at radius 3 is 1.29 bits per heavy atom. The molecule has 202 valence electrons. The fraction of sp³-hybridized carbons (Fsp3) is 0.438. The third-order valence-corrected chi connectivity index (χ3v) is 8.97. The summed E-state index contributed by atoms with van der Waals surface area (Å²) in [6, 6.07) is 21.3. The average molecular weight is 547 g/mol. The van der Waals surface area contributed by atoms with Gasteiger partial charge in [0.05, 0.1) is 11.4 Å². The van der Waals surface area contributed by atoms with Crippen LogP contribution in [0.5, 0.6) is 0 Å². The summed E-state index contributed by atoms with van der Waals surface area (Å²) in [6.45, 7) is 15.6. The molecule has 0 bridgehead atoms. The summed E-state index contributed by atoms with van der Waals surface area (Å²) in [7, 11) is 3.55. The number of rotatable bonds is 13. The number of hydrogen-bond donors (Lipinski definition) is 0. The van der Waals surface area contributed by atoms with Crippen molar-refractivity contribution in [3.8, 4) is 22.8 Å². The fourth-order valence-corrected chi connectivity index (χ4v) is 7.38. The van der Waals surface area contributed by atoms with Crippen molar-refractivity contribution in [2.75, 3.05) is 0 Å². The molecule has 2 aromatic heterocycles. The van der Waals surface area contributed by atoms with Gasteiger partial charge in [0.1, 0.15) is 21.7 Å². The first-order valence-corrected chi connectivity index (χ1v) is 16.3. The Morgan fingerprint density at radius 2 is 0.974 bits per heavy atom. The van der Waals surface area contributed by atoms with E-state index in [0.717, 1.165) is 60.5 Å². The van der Waals surface area contributed by atoms with Gasteiger partial charge in [-0.3, -0.25) is 0 Å². The number of imidazole rings is 2. The van der Waals surface area contributed by atoms with Crippen molar-refractivity contribution in [2.45, 2.75) is 102 Å². The summed E-state index contributed by atoms with van der Waals surface area (Å²) in [6.07, 6.45) is 4.62. The maximum Gasteiger partial charge on any atom is 0.141 e. The molecular formula is C32H42N4S2. The van der Waals surface area contributed by atoms with Gasteiger partial charge in [-0.1, -0.05) is 115 Å². The molecular weight excluding hydrogens is 505 g/mol. The Hall–Kier alpha value is -2.44. The monoisotopic (exact) mass is 546 g/mol. The summed E-state index contributed by atoms with van der Waals surface area (Å²) in [5.74, 6) is 2.92. The molecule has 4 nitrogen and oxygen atoms in total. The Kier molecular flexibility index (Phi) is 10.2. The molecule has 0 aliphatic heterocycles. The SMILES string of the molecule is CCCCn1c(-c2ccccc2)nc(SSc2nc(-c3ccccc3)n(CCCC)c2C(C)C)c1C(C)C. The molecule has 0 saturated heterocycles. The van der Waals surface area contributed by atoms with Gasteiger partial charge in [-0.05, 0) is 46.3 Å². The summed E-state index contributed by atoms with van der Waals surface area (Å²) in [5, 5.41) is 2.22. The minimum absolute atomic E-state index is 0.381. The molecule has 0 aliphatic rings. The van der Waals surface area contributed by atoms with Gasteiger partial charge in [0.2, 0.25) is 0 Å². The summed E-state index contributed by atoms with van der Waals surface area (Å²) in [5.41, 5.74) is 5.02. The van der Waals surface area contributed by atoms with E-state index >= 15 is 0 Å². The molecule has 0 spiro atoms. The lowest BCUT2D eigenvalue weighted by Gasteiger charge is -2.15. The highest BCUT2D eigenvalue weighted by Crippen LogP contribution is 2.45. The van der Waals surface area contributed by atoms with E-state index in [9.17, 15) is 0 Å². The number of nitrogens with zero attached hydrogens (tertiary/aromatic N) is 4. The second-order valence-electron chi connectivity index (χ2n) is 10.5. The second kappa shape index (κ2) is 13.6. The minimum Gasteiger partial charge on any atom is -0.327 e. The quantitative estimate of drug-likeness (QED) is 0.156. The molecule has 38 heavy (non-hydrogen) atoms. The Labute approximate surface area is 237 Å². The number of aromatic nitrogens is 4. The Balaban J connectivity index is 1.75. The second-order valence-corrected chi connectivity index (χ2v) is 12.6. The van der Waals surface area contributed by atoms with Crippen LogP contribution in [0.1, 0.15) is 90.4 Å². The van der Waals surface area contributed by atoms with Crippen molar-refractivity contribution in [1.29, 1.82) is 0 Å². The molecule has 0 unspecified atom stereocenters. The zero-order chi connectivity index (χ0) is 27.1. The van der Waals surface area contributed by atoms with Crippen LogP contribution in [0.2, 0.25) is 0 Å². The molecule has 2 heterocycles. The third-order valence-electron chi connectivity index (χ3n) is 6.77. The molecule has 4 aromatic rings. The highest BCUT2D eigenvalue weighted by molar-refractivity contribution is 8.76. The highest BCUT2D eigenvalue weighted by atomic mass is 33.1. The summed E-state index contributed by atoms with van der Waals surface area (Å²) < 4.78 is 4.93. The van der Waals surface area contributed by atoms with Crippen LogP contribution in [-0.4, -0.2) is 19.1 Å². The first-order valence-electron chi connectivity index (χ1n) is 14.1. The van der Waals surface area contributed by atoms with Crippen LogP contribution in [0.25, 0.3) is 22.8 Å². The molecule has 0 N–H and O–H groups in total. The van der Waals surface area contributed by atoms with Crippen LogP contribution in [0.3, 0.4) is 0 Å². The van der Waals surface area contributed by atoms with Crippen LogP contribution in [0.4, 0.5) is 0 Å². The zero-order valence-corrected chi connectivity index (χ0v) is 25.4. The Bertz CT molecular complexity index is 1190. The first kappa shape index (κ1) is 28.6. The van der Waals surface area contributed by atoms with Crippen molar-refractivity contribution in [3.05, 3.63) is 72.1 Å². The van der Waals surface area contributed by atoms with Crippen molar-refractivity contribution in [1.82, 2.24) is 19.1 Å². The van der Waals surface area contributed by atoms with E-state index in [0.29, 0.717) is 11.8 Å². The van der Waals surface area contributed by atoms with E-state index < -0.39 is 0 Å². The lowest BCUT2D eigenvalue weighted by Crippen LogP contribution is -2.07. The highest BCUT2D eigenvalue weighted by Gasteiger charge is 2.25. The number of hydrogen-bond acceptors (Lipinski definition) is 4. The molecule has 0 atom stereocenters. The summed E-state index contributed by atoms with van der Waals surface area (Å²) >= 11 is 0. The van der Waals surface area contributed by atoms with Crippen molar-refractivity contribution >= 4 is 21.6 Å². The average Bonchev–Trinajstić information content (AvgIpc) is 3.49. The summed E-state index contributed by atoms with van der Waals surface area (Å²) in [4.78, 5) is 10.5. The van der Waals surface area contributed by atoms with Gasteiger partial charge in [-0.2, -0.15) is 0 Å². The molecule has 6 heteroatoms. The maximum atomic E-state index is 5.25. The Morgan fingerprint density at radius 1 is 0.605 bits per heavy atom. The smallest absolute Gasteiger partial charge is 0.141 e. The normalized spacial score (nSPS) is 11.7. The zero-order valence-electron chi connectivity index (χ0n) is 23.8. The van der Waals surface area contributed by atoms with Crippen LogP contribution >= 0.6 is 21.6 Å². The molecule has 0 saturated carbocycles. The van der Waals surface area contributed by atoms with Gasteiger partial charge >= 0.3 is 0 Å². The number of benzene rings is 2. The van der Waals surface area contributed by atoms with Gasteiger partial charge in [0.15, 0.2) is 0 Å². The molecule has 0 aliphatic carbocycles. The van der Waals surface area contributed by atoms with Crippen molar-refractivity contribution < 1.29 is 0 Å². The van der Waals surface area contributed by atoms with Gasteiger partial charge in [-0.15, -0.1) is 0 Å². The van der Waals surface area contributed by atoms with E-state index in [2.05, 4.69) is 111 Å². The molecule has 0 radical (unpaired) electrons.